The molecule has 2 aromatic heterocycles. The Hall–Kier alpha value is -2.84. The molecule has 3 nitrogen and oxygen atoms in total. The Morgan fingerprint density at radius 2 is 2.05 bits per heavy atom. The zero-order valence-corrected chi connectivity index (χ0v) is 12.2. The summed E-state index contributed by atoms with van der Waals surface area (Å²) in [4.78, 5) is 8.48. The number of thiazole rings is 1. The molecule has 0 N–H and O–H groups in total. The summed E-state index contributed by atoms with van der Waals surface area (Å²) in [5.74, 6) is -0.284. The van der Waals surface area contributed by atoms with Crippen molar-refractivity contribution in [2.24, 2.45) is 0 Å². The Balaban J connectivity index is 1.94. The number of hydrogen-bond donors (Lipinski definition) is 0. The molecule has 0 aliphatic carbocycles. The normalized spacial score (nSPS) is 11.2. The van der Waals surface area contributed by atoms with E-state index in [0.29, 0.717) is 10.6 Å². The van der Waals surface area contributed by atoms with Crippen molar-refractivity contribution in [1.82, 2.24) is 9.97 Å². The van der Waals surface area contributed by atoms with Gasteiger partial charge in [0, 0.05) is 23.3 Å². The summed E-state index contributed by atoms with van der Waals surface area (Å²) in [5, 5.41) is 11.8. The molecule has 0 bridgehead atoms. The first-order chi connectivity index (χ1) is 10.8. The van der Waals surface area contributed by atoms with Gasteiger partial charge in [-0.15, -0.1) is 11.3 Å². The Kier molecular flexibility index (Phi) is 4.03. The van der Waals surface area contributed by atoms with E-state index in [1.165, 1.54) is 23.5 Å². The van der Waals surface area contributed by atoms with Crippen molar-refractivity contribution in [1.29, 1.82) is 5.26 Å². The van der Waals surface area contributed by atoms with Gasteiger partial charge in [0.25, 0.3) is 0 Å². The maximum Gasteiger partial charge on any atom is 0.134 e. The van der Waals surface area contributed by atoms with Crippen LogP contribution in [0.4, 0.5) is 4.39 Å². The second kappa shape index (κ2) is 6.29. The minimum Gasteiger partial charge on any atom is -0.264 e. The van der Waals surface area contributed by atoms with E-state index in [1.54, 1.807) is 30.6 Å². The molecule has 0 aliphatic heterocycles. The third-order valence-electron chi connectivity index (χ3n) is 2.99. The molecule has 0 amide bonds. The molecule has 0 saturated heterocycles. The zero-order valence-electron chi connectivity index (χ0n) is 11.4. The van der Waals surface area contributed by atoms with E-state index < -0.39 is 0 Å². The predicted octanol–water partition coefficient (Wildman–Crippen LogP) is 4.41. The van der Waals surface area contributed by atoms with Gasteiger partial charge in [-0.25, -0.2) is 9.37 Å². The molecule has 106 valence electrons. The Morgan fingerprint density at radius 1 is 1.23 bits per heavy atom. The molecule has 3 aromatic rings. The molecule has 0 atom stereocenters. The summed E-state index contributed by atoms with van der Waals surface area (Å²) >= 11 is 1.38. The minimum absolute atomic E-state index is 0.284. The lowest BCUT2D eigenvalue weighted by Crippen LogP contribution is -1.83. The summed E-state index contributed by atoms with van der Waals surface area (Å²) < 4.78 is 13.0. The van der Waals surface area contributed by atoms with Crippen LogP contribution < -0.4 is 0 Å². The monoisotopic (exact) mass is 307 g/mol. The zero-order chi connectivity index (χ0) is 15.4. The van der Waals surface area contributed by atoms with Crippen molar-refractivity contribution in [3.05, 3.63) is 70.6 Å². The van der Waals surface area contributed by atoms with Gasteiger partial charge in [-0.05, 0) is 42.0 Å². The van der Waals surface area contributed by atoms with E-state index in [2.05, 4.69) is 16.0 Å². The molecular weight excluding hydrogens is 297 g/mol. The number of aromatic nitrogens is 2. The maximum atomic E-state index is 13.0. The highest BCUT2D eigenvalue weighted by molar-refractivity contribution is 7.11. The van der Waals surface area contributed by atoms with Crippen LogP contribution in [0.25, 0.3) is 22.9 Å². The molecule has 22 heavy (non-hydrogen) atoms. The van der Waals surface area contributed by atoms with Crippen LogP contribution in [0, 0.1) is 17.1 Å². The van der Waals surface area contributed by atoms with Crippen LogP contribution >= 0.6 is 11.3 Å². The standard InChI is InChI=1S/C17H10FN3S/c18-15-5-3-13(4-6-15)16-11-22-17(21-16)14(9-19)8-12-2-1-7-20-10-12/h1-8,10-11H/b14-8-. The minimum atomic E-state index is -0.284. The molecule has 0 fully saturated rings. The van der Waals surface area contributed by atoms with Gasteiger partial charge in [0.15, 0.2) is 0 Å². The van der Waals surface area contributed by atoms with Gasteiger partial charge >= 0.3 is 0 Å². The summed E-state index contributed by atoms with van der Waals surface area (Å²) in [6.07, 6.45) is 5.12. The Labute approximate surface area is 131 Å². The molecule has 5 heteroatoms. The summed E-state index contributed by atoms with van der Waals surface area (Å²) in [6, 6.07) is 12.0. The van der Waals surface area contributed by atoms with Crippen molar-refractivity contribution in [2.75, 3.05) is 0 Å². The van der Waals surface area contributed by atoms with E-state index in [-0.39, 0.29) is 5.82 Å². The number of rotatable bonds is 3. The highest BCUT2D eigenvalue weighted by Crippen LogP contribution is 2.27. The molecule has 0 saturated carbocycles. The molecule has 2 heterocycles. The summed E-state index contributed by atoms with van der Waals surface area (Å²) in [7, 11) is 0. The first-order valence-electron chi connectivity index (χ1n) is 6.50. The third-order valence-corrected chi connectivity index (χ3v) is 3.87. The van der Waals surface area contributed by atoms with Gasteiger partial charge in [0.05, 0.1) is 11.3 Å². The predicted molar refractivity (Wildman–Crippen MR) is 85.2 cm³/mol. The second-order valence-corrected chi connectivity index (χ2v) is 5.36. The lowest BCUT2D eigenvalue weighted by atomic mass is 10.1. The van der Waals surface area contributed by atoms with Crippen LogP contribution in [0.3, 0.4) is 0 Å². The Bertz CT molecular complexity index is 846. The number of pyridine rings is 1. The molecule has 0 unspecified atom stereocenters. The number of allylic oxidation sites excluding steroid dienone is 1. The van der Waals surface area contributed by atoms with Crippen LogP contribution in [-0.4, -0.2) is 9.97 Å². The van der Waals surface area contributed by atoms with Gasteiger partial charge in [0.2, 0.25) is 0 Å². The van der Waals surface area contributed by atoms with Crippen LogP contribution in [-0.2, 0) is 0 Å². The van der Waals surface area contributed by atoms with Crippen LogP contribution in [0.2, 0.25) is 0 Å². The smallest absolute Gasteiger partial charge is 0.134 e. The lowest BCUT2D eigenvalue weighted by Gasteiger charge is -1.96. The fraction of sp³-hybridized carbons (Fsp3) is 0. The number of benzene rings is 1. The first kappa shape index (κ1) is 14.1. The third kappa shape index (κ3) is 3.08. The summed E-state index contributed by atoms with van der Waals surface area (Å²) in [5.41, 5.74) is 2.87. The van der Waals surface area contributed by atoms with E-state index in [4.69, 9.17) is 0 Å². The fourth-order valence-electron chi connectivity index (χ4n) is 1.92. The molecule has 3 rings (SSSR count). The molecule has 1 aromatic carbocycles. The Morgan fingerprint density at radius 3 is 2.73 bits per heavy atom. The van der Waals surface area contributed by atoms with Gasteiger partial charge in [-0.2, -0.15) is 5.26 Å². The maximum absolute atomic E-state index is 13.0. The number of nitriles is 1. The average Bonchev–Trinajstić information content (AvgIpc) is 3.04. The molecule has 0 aliphatic rings. The van der Waals surface area contributed by atoms with Gasteiger partial charge in [-0.3, -0.25) is 4.98 Å². The highest BCUT2D eigenvalue weighted by atomic mass is 32.1. The topological polar surface area (TPSA) is 49.6 Å². The van der Waals surface area contributed by atoms with E-state index in [0.717, 1.165) is 16.8 Å². The largest absolute Gasteiger partial charge is 0.264 e. The molecular formula is C17H10FN3S. The fourth-order valence-corrected chi connectivity index (χ4v) is 2.72. The van der Waals surface area contributed by atoms with E-state index in [1.807, 2.05) is 17.5 Å². The van der Waals surface area contributed by atoms with Crippen molar-refractivity contribution in [2.45, 2.75) is 0 Å². The van der Waals surface area contributed by atoms with Crippen LogP contribution in [0.15, 0.2) is 54.2 Å². The van der Waals surface area contributed by atoms with Crippen LogP contribution in [0.1, 0.15) is 10.6 Å². The highest BCUT2D eigenvalue weighted by Gasteiger charge is 2.09. The quantitative estimate of drug-likeness (QED) is 0.673. The van der Waals surface area contributed by atoms with Gasteiger partial charge < -0.3 is 0 Å². The lowest BCUT2D eigenvalue weighted by molar-refractivity contribution is 0.628. The first-order valence-corrected chi connectivity index (χ1v) is 7.38. The van der Waals surface area contributed by atoms with Gasteiger partial charge in [-0.1, -0.05) is 6.07 Å². The SMILES string of the molecule is N#C/C(=C/c1cccnc1)c1nc(-c2ccc(F)cc2)cs1. The second-order valence-electron chi connectivity index (χ2n) is 4.50. The van der Waals surface area contributed by atoms with E-state index >= 15 is 0 Å². The van der Waals surface area contributed by atoms with Gasteiger partial charge in [0.1, 0.15) is 16.9 Å². The molecule has 0 radical (unpaired) electrons. The van der Waals surface area contributed by atoms with Crippen molar-refractivity contribution < 1.29 is 4.39 Å². The number of hydrogen-bond acceptors (Lipinski definition) is 4. The van der Waals surface area contributed by atoms with E-state index in [9.17, 15) is 9.65 Å². The van der Waals surface area contributed by atoms with Crippen LogP contribution in [0.5, 0.6) is 0 Å². The van der Waals surface area contributed by atoms with Crippen molar-refractivity contribution in [3.8, 4) is 17.3 Å². The van der Waals surface area contributed by atoms with Crippen molar-refractivity contribution >= 4 is 23.0 Å². The molecule has 0 spiro atoms. The summed E-state index contributed by atoms with van der Waals surface area (Å²) in [6.45, 7) is 0. The van der Waals surface area contributed by atoms with Crippen molar-refractivity contribution in [3.63, 3.8) is 0 Å². The number of nitrogens with zero attached hydrogens (tertiary/aromatic N) is 3. The number of halogens is 1. The average molecular weight is 307 g/mol.